The van der Waals surface area contributed by atoms with Crippen LogP contribution < -0.4 is 5.32 Å². The highest BCUT2D eigenvalue weighted by Crippen LogP contribution is 2.19. The Hall–Kier alpha value is -2.09. The molecule has 0 saturated heterocycles. The molecule has 0 spiro atoms. The standard InChI is InChI=1S/C15H19FN2O2/c1-10(2)5-12(7-15(19)20)9-18-14-4-3-11(8-17)6-13(14)16/h3-4,6,10,12,18H,5,7,9H2,1-2H3,(H,19,20). The predicted molar refractivity (Wildman–Crippen MR) is 74.8 cm³/mol. The molecular formula is C15H19FN2O2. The van der Waals surface area contributed by atoms with Gasteiger partial charge >= 0.3 is 5.97 Å². The summed E-state index contributed by atoms with van der Waals surface area (Å²) in [7, 11) is 0. The molecule has 1 unspecified atom stereocenters. The highest BCUT2D eigenvalue weighted by Gasteiger charge is 2.15. The van der Waals surface area contributed by atoms with E-state index < -0.39 is 11.8 Å². The third kappa shape index (κ3) is 5.27. The van der Waals surface area contributed by atoms with Gasteiger partial charge in [0.2, 0.25) is 0 Å². The van der Waals surface area contributed by atoms with Gasteiger partial charge in [0.1, 0.15) is 5.82 Å². The number of hydrogen-bond acceptors (Lipinski definition) is 3. The van der Waals surface area contributed by atoms with Crippen LogP contribution in [-0.4, -0.2) is 17.6 Å². The minimum Gasteiger partial charge on any atom is -0.481 e. The Morgan fingerprint density at radius 1 is 1.50 bits per heavy atom. The second-order valence-electron chi connectivity index (χ2n) is 5.28. The Balaban J connectivity index is 2.67. The first kappa shape index (κ1) is 16.0. The van der Waals surface area contributed by atoms with Crippen LogP contribution in [-0.2, 0) is 4.79 Å². The highest BCUT2D eigenvalue weighted by atomic mass is 19.1. The normalized spacial score (nSPS) is 11.9. The van der Waals surface area contributed by atoms with Gasteiger partial charge in [0.15, 0.2) is 0 Å². The molecule has 4 nitrogen and oxygen atoms in total. The summed E-state index contributed by atoms with van der Waals surface area (Å²) >= 11 is 0. The monoisotopic (exact) mass is 278 g/mol. The predicted octanol–water partition coefficient (Wildman–Crippen LogP) is 3.25. The molecule has 1 atom stereocenters. The van der Waals surface area contributed by atoms with Crippen LogP contribution in [0.25, 0.3) is 0 Å². The number of halogens is 1. The van der Waals surface area contributed by atoms with E-state index in [2.05, 4.69) is 5.32 Å². The molecule has 1 aromatic carbocycles. The zero-order valence-corrected chi connectivity index (χ0v) is 11.7. The minimum absolute atomic E-state index is 0.0532. The number of nitrogens with zero attached hydrogens (tertiary/aromatic N) is 1. The summed E-state index contributed by atoms with van der Waals surface area (Å²) in [6.45, 7) is 4.45. The first-order chi connectivity index (χ1) is 9.42. The Labute approximate surface area is 118 Å². The number of anilines is 1. The van der Waals surface area contributed by atoms with Crippen LogP contribution in [0.2, 0.25) is 0 Å². The molecule has 5 heteroatoms. The van der Waals surface area contributed by atoms with Gasteiger partial charge in [0.25, 0.3) is 0 Å². The second kappa shape index (κ2) is 7.49. The molecule has 1 rings (SSSR count). The summed E-state index contributed by atoms with van der Waals surface area (Å²) in [4.78, 5) is 10.8. The van der Waals surface area contributed by atoms with Crippen molar-refractivity contribution >= 4 is 11.7 Å². The molecule has 0 bridgehead atoms. The lowest BCUT2D eigenvalue weighted by Gasteiger charge is -2.18. The van der Waals surface area contributed by atoms with Crippen LogP contribution in [0.4, 0.5) is 10.1 Å². The third-order valence-electron chi connectivity index (χ3n) is 2.95. The van der Waals surface area contributed by atoms with Crippen LogP contribution in [0.15, 0.2) is 18.2 Å². The van der Waals surface area contributed by atoms with Crippen molar-refractivity contribution in [3.8, 4) is 6.07 Å². The van der Waals surface area contributed by atoms with E-state index >= 15 is 0 Å². The Kier molecular flexibility index (Phi) is 5.98. The number of rotatable bonds is 7. The molecule has 108 valence electrons. The van der Waals surface area contributed by atoms with E-state index in [0.717, 1.165) is 12.5 Å². The number of nitrogens with one attached hydrogen (secondary N) is 1. The quantitative estimate of drug-likeness (QED) is 0.803. The van der Waals surface area contributed by atoms with Crippen LogP contribution in [0.1, 0.15) is 32.3 Å². The molecule has 0 aliphatic carbocycles. The van der Waals surface area contributed by atoms with Crippen molar-refractivity contribution in [3.63, 3.8) is 0 Å². The van der Waals surface area contributed by atoms with E-state index in [-0.39, 0.29) is 17.9 Å². The van der Waals surface area contributed by atoms with Gasteiger partial charge in [-0.05, 0) is 36.5 Å². The van der Waals surface area contributed by atoms with Gasteiger partial charge in [-0.25, -0.2) is 4.39 Å². The molecular weight excluding hydrogens is 259 g/mol. The fraction of sp³-hybridized carbons (Fsp3) is 0.467. The number of carboxylic acids is 1. The van der Waals surface area contributed by atoms with Crippen molar-refractivity contribution in [2.45, 2.75) is 26.7 Å². The van der Waals surface area contributed by atoms with Gasteiger partial charge in [0.05, 0.1) is 17.3 Å². The maximum Gasteiger partial charge on any atom is 0.303 e. The summed E-state index contributed by atoms with van der Waals surface area (Å²) in [6.07, 6.45) is 0.820. The molecule has 2 N–H and O–H groups in total. The van der Waals surface area contributed by atoms with Crippen molar-refractivity contribution in [1.82, 2.24) is 0 Å². The van der Waals surface area contributed by atoms with E-state index in [0.29, 0.717) is 18.2 Å². The Bertz CT molecular complexity index is 509. The van der Waals surface area contributed by atoms with Crippen LogP contribution in [0.3, 0.4) is 0 Å². The molecule has 1 aromatic rings. The number of hydrogen-bond donors (Lipinski definition) is 2. The average molecular weight is 278 g/mol. The van der Waals surface area contributed by atoms with Crippen molar-refractivity contribution in [2.75, 3.05) is 11.9 Å². The largest absolute Gasteiger partial charge is 0.481 e. The maximum atomic E-state index is 13.7. The van der Waals surface area contributed by atoms with E-state index in [1.165, 1.54) is 12.1 Å². The number of benzene rings is 1. The van der Waals surface area contributed by atoms with Crippen molar-refractivity contribution in [2.24, 2.45) is 11.8 Å². The zero-order valence-electron chi connectivity index (χ0n) is 11.7. The van der Waals surface area contributed by atoms with E-state index in [1.54, 1.807) is 0 Å². The fourth-order valence-electron chi connectivity index (χ4n) is 2.13. The minimum atomic E-state index is -0.849. The zero-order chi connectivity index (χ0) is 15.1. The molecule has 0 aromatic heterocycles. The Morgan fingerprint density at radius 2 is 2.20 bits per heavy atom. The van der Waals surface area contributed by atoms with E-state index in [9.17, 15) is 9.18 Å². The average Bonchev–Trinajstić information content (AvgIpc) is 2.35. The van der Waals surface area contributed by atoms with Gasteiger partial charge in [0, 0.05) is 13.0 Å². The molecule has 0 aliphatic heterocycles. The topological polar surface area (TPSA) is 73.1 Å². The van der Waals surface area contributed by atoms with E-state index in [1.807, 2.05) is 19.9 Å². The molecule has 0 aliphatic rings. The summed E-state index contributed by atoms with van der Waals surface area (Å²) in [6, 6.07) is 6.06. The summed E-state index contributed by atoms with van der Waals surface area (Å²) in [5, 5.41) is 20.5. The molecule has 20 heavy (non-hydrogen) atoms. The van der Waals surface area contributed by atoms with Crippen LogP contribution in [0.5, 0.6) is 0 Å². The lowest BCUT2D eigenvalue weighted by atomic mass is 9.94. The number of carboxylic acid groups (broad SMARTS) is 1. The van der Waals surface area contributed by atoms with Crippen LogP contribution in [0, 0.1) is 29.0 Å². The smallest absolute Gasteiger partial charge is 0.303 e. The SMILES string of the molecule is CC(C)CC(CNc1ccc(C#N)cc1F)CC(=O)O. The van der Waals surface area contributed by atoms with Gasteiger partial charge < -0.3 is 10.4 Å². The number of aliphatic carboxylic acids is 1. The van der Waals surface area contributed by atoms with Crippen LogP contribution >= 0.6 is 0 Å². The number of carbonyl (C=O) groups is 1. The lowest BCUT2D eigenvalue weighted by molar-refractivity contribution is -0.138. The molecule has 0 saturated carbocycles. The number of nitriles is 1. The summed E-state index contributed by atoms with van der Waals surface area (Å²) < 4.78 is 13.7. The summed E-state index contributed by atoms with van der Waals surface area (Å²) in [5.74, 6) is -1.02. The molecule has 0 amide bonds. The first-order valence-electron chi connectivity index (χ1n) is 6.57. The van der Waals surface area contributed by atoms with Crippen molar-refractivity contribution in [3.05, 3.63) is 29.6 Å². The lowest BCUT2D eigenvalue weighted by Crippen LogP contribution is -2.20. The van der Waals surface area contributed by atoms with Gasteiger partial charge in [-0.1, -0.05) is 13.8 Å². The van der Waals surface area contributed by atoms with Gasteiger partial charge in [-0.3, -0.25) is 4.79 Å². The molecule has 0 heterocycles. The fourth-order valence-corrected chi connectivity index (χ4v) is 2.13. The van der Waals surface area contributed by atoms with Gasteiger partial charge in [-0.2, -0.15) is 5.26 Å². The van der Waals surface area contributed by atoms with Crippen molar-refractivity contribution < 1.29 is 14.3 Å². The van der Waals surface area contributed by atoms with Crippen molar-refractivity contribution in [1.29, 1.82) is 5.26 Å². The summed E-state index contributed by atoms with van der Waals surface area (Å²) in [5.41, 5.74) is 0.556. The highest BCUT2D eigenvalue weighted by molar-refractivity contribution is 5.67. The maximum absolute atomic E-state index is 13.7. The molecule has 0 fully saturated rings. The third-order valence-corrected chi connectivity index (χ3v) is 2.95. The van der Waals surface area contributed by atoms with Gasteiger partial charge in [-0.15, -0.1) is 0 Å². The molecule has 0 radical (unpaired) electrons. The first-order valence-corrected chi connectivity index (χ1v) is 6.57. The second-order valence-corrected chi connectivity index (χ2v) is 5.28. The Morgan fingerprint density at radius 3 is 2.70 bits per heavy atom. The van der Waals surface area contributed by atoms with E-state index in [4.69, 9.17) is 10.4 Å².